The predicted molar refractivity (Wildman–Crippen MR) is 77.9 cm³/mol. The zero-order valence-electron chi connectivity index (χ0n) is 12.0. The van der Waals surface area contributed by atoms with E-state index in [-0.39, 0.29) is 17.7 Å². The molecular formula is C17H19NO3. The summed E-state index contributed by atoms with van der Waals surface area (Å²) in [4.78, 5) is 36.5. The summed E-state index contributed by atoms with van der Waals surface area (Å²) in [7, 11) is 0. The van der Waals surface area contributed by atoms with Crippen molar-refractivity contribution in [2.24, 2.45) is 11.8 Å². The van der Waals surface area contributed by atoms with Gasteiger partial charge in [-0.25, -0.2) is 0 Å². The fourth-order valence-electron chi connectivity index (χ4n) is 3.48. The molecule has 21 heavy (non-hydrogen) atoms. The molecule has 1 aromatic rings. The van der Waals surface area contributed by atoms with Gasteiger partial charge in [0.15, 0.2) is 0 Å². The molecule has 0 radical (unpaired) electrons. The maximum absolute atomic E-state index is 12.2. The van der Waals surface area contributed by atoms with Crippen molar-refractivity contribution in [2.45, 2.75) is 32.1 Å². The van der Waals surface area contributed by atoms with E-state index >= 15 is 0 Å². The molecule has 0 aromatic heterocycles. The van der Waals surface area contributed by atoms with E-state index in [0.717, 1.165) is 38.4 Å². The van der Waals surface area contributed by atoms with E-state index in [1.54, 1.807) is 24.3 Å². The number of hydrogen-bond acceptors (Lipinski definition) is 3. The Morgan fingerprint density at radius 2 is 1.76 bits per heavy atom. The van der Waals surface area contributed by atoms with E-state index < -0.39 is 0 Å². The van der Waals surface area contributed by atoms with Crippen LogP contribution in [0.15, 0.2) is 24.3 Å². The number of imide groups is 1. The highest BCUT2D eigenvalue weighted by Gasteiger charge is 2.34. The summed E-state index contributed by atoms with van der Waals surface area (Å²) in [6.45, 7) is 0.481. The topological polar surface area (TPSA) is 54.5 Å². The number of fused-ring (bicyclic) bond motifs is 1. The summed E-state index contributed by atoms with van der Waals surface area (Å²) < 4.78 is 0. The second-order valence-electron chi connectivity index (χ2n) is 6.02. The van der Waals surface area contributed by atoms with Gasteiger partial charge < -0.3 is 4.79 Å². The van der Waals surface area contributed by atoms with Crippen LogP contribution in [-0.4, -0.2) is 29.5 Å². The number of hydrogen-bond donors (Lipinski definition) is 0. The summed E-state index contributed by atoms with van der Waals surface area (Å²) in [6.07, 6.45) is 5.90. The van der Waals surface area contributed by atoms with Gasteiger partial charge in [-0.2, -0.15) is 0 Å². The molecule has 0 unspecified atom stereocenters. The molecule has 0 saturated heterocycles. The third-order valence-electron chi connectivity index (χ3n) is 4.65. The maximum atomic E-state index is 12.2. The van der Waals surface area contributed by atoms with Crippen molar-refractivity contribution in [3.63, 3.8) is 0 Å². The molecule has 1 aromatic carbocycles. The number of aldehydes is 1. The molecule has 1 aliphatic heterocycles. The fourth-order valence-corrected chi connectivity index (χ4v) is 3.48. The molecule has 3 rings (SSSR count). The van der Waals surface area contributed by atoms with E-state index in [9.17, 15) is 14.4 Å². The number of rotatable bonds is 5. The maximum Gasteiger partial charge on any atom is 0.261 e. The van der Waals surface area contributed by atoms with Crippen LogP contribution in [0.1, 0.15) is 52.8 Å². The Kier molecular flexibility index (Phi) is 3.86. The largest absolute Gasteiger partial charge is 0.303 e. The molecule has 1 fully saturated rings. The van der Waals surface area contributed by atoms with Gasteiger partial charge in [0.1, 0.15) is 6.29 Å². The number of nitrogens with zero attached hydrogens (tertiary/aromatic N) is 1. The standard InChI is InChI=1S/C17H19NO3/c19-11-13-8-7-12(10-13)4-3-9-18-16(20)14-5-1-2-6-15(14)17(18)21/h1-2,5-6,11-13H,3-4,7-10H2/t12-,13-/m0/s1. The molecule has 1 heterocycles. The molecule has 1 aliphatic carbocycles. The van der Waals surface area contributed by atoms with Crippen LogP contribution in [0.25, 0.3) is 0 Å². The minimum absolute atomic E-state index is 0.173. The Morgan fingerprint density at radius 3 is 2.33 bits per heavy atom. The van der Waals surface area contributed by atoms with Gasteiger partial charge in [0.25, 0.3) is 11.8 Å². The van der Waals surface area contributed by atoms with E-state index in [2.05, 4.69) is 0 Å². The summed E-state index contributed by atoms with van der Waals surface area (Å²) in [5.74, 6) is 0.435. The highest BCUT2D eigenvalue weighted by atomic mass is 16.2. The molecule has 110 valence electrons. The van der Waals surface area contributed by atoms with Crippen molar-refractivity contribution in [2.75, 3.05) is 6.54 Å². The highest BCUT2D eigenvalue weighted by Crippen LogP contribution is 2.33. The SMILES string of the molecule is O=C[C@H]1CC[C@H](CCCN2C(=O)c3ccccc3C2=O)C1. The predicted octanol–water partition coefficient (Wildman–Crippen LogP) is 2.68. The Bertz CT molecular complexity index is 546. The van der Waals surface area contributed by atoms with Crippen LogP contribution in [0.2, 0.25) is 0 Å². The van der Waals surface area contributed by atoms with Crippen molar-refractivity contribution in [1.29, 1.82) is 0 Å². The highest BCUT2D eigenvalue weighted by molar-refractivity contribution is 6.21. The van der Waals surface area contributed by atoms with Gasteiger partial charge in [-0.05, 0) is 50.2 Å². The minimum Gasteiger partial charge on any atom is -0.303 e. The molecular weight excluding hydrogens is 266 g/mol. The monoisotopic (exact) mass is 285 g/mol. The van der Waals surface area contributed by atoms with Gasteiger partial charge in [0.05, 0.1) is 11.1 Å². The summed E-state index contributed by atoms with van der Waals surface area (Å²) in [6, 6.07) is 6.99. The Balaban J connectivity index is 1.54. The smallest absolute Gasteiger partial charge is 0.261 e. The van der Waals surface area contributed by atoms with Gasteiger partial charge in [-0.15, -0.1) is 0 Å². The average Bonchev–Trinajstić information content (AvgIpc) is 3.06. The summed E-state index contributed by atoms with van der Waals surface area (Å²) in [5, 5.41) is 0. The quantitative estimate of drug-likeness (QED) is 0.617. The lowest BCUT2D eigenvalue weighted by Gasteiger charge is -2.15. The van der Waals surface area contributed by atoms with Crippen molar-refractivity contribution >= 4 is 18.1 Å². The van der Waals surface area contributed by atoms with Crippen LogP contribution in [0, 0.1) is 11.8 Å². The Labute approximate surface area is 124 Å². The first kappa shape index (κ1) is 14.0. The number of amides is 2. The van der Waals surface area contributed by atoms with E-state index in [0.29, 0.717) is 23.6 Å². The zero-order chi connectivity index (χ0) is 14.8. The van der Waals surface area contributed by atoms with Crippen LogP contribution >= 0.6 is 0 Å². The third-order valence-corrected chi connectivity index (χ3v) is 4.65. The molecule has 0 bridgehead atoms. The van der Waals surface area contributed by atoms with Crippen LogP contribution in [0.3, 0.4) is 0 Å². The number of carbonyl (C=O) groups excluding carboxylic acids is 3. The molecule has 0 N–H and O–H groups in total. The summed E-state index contributed by atoms with van der Waals surface area (Å²) in [5.41, 5.74) is 1.04. The van der Waals surface area contributed by atoms with E-state index in [1.165, 1.54) is 4.90 Å². The fraction of sp³-hybridized carbons (Fsp3) is 0.471. The molecule has 4 nitrogen and oxygen atoms in total. The van der Waals surface area contributed by atoms with Crippen molar-refractivity contribution in [3.05, 3.63) is 35.4 Å². The van der Waals surface area contributed by atoms with Gasteiger partial charge in [-0.3, -0.25) is 14.5 Å². The van der Waals surface area contributed by atoms with Crippen molar-refractivity contribution in [1.82, 2.24) is 4.90 Å². The second-order valence-corrected chi connectivity index (χ2v) is 6.02. The second kappa shape index (κ2) is 5.80. The number of benzene rings is 1. The Hall–Kier alpha value is -1.97. The van der Waals surface area contributed by atoms with Crippen LogP contribution < -0.4 is 0 Å². The van der Waals surface area contributed by atoms with Crippen molar-refractivity contribution < 1.29 is 14.4 Å². The van der Waals surface area contributed by atoms with Crippen LogP contribution in [0.4, 0.5) is 0 Å². The van der Waals surface area contributed by atoms with Gasteiger partial charge >= 0.3 is 0 Å². The van der Waals surface area contributed by atoms with Gasteiger partial charge in [-0.1, -0.05) is 12.1 Å². The average molecular weight is 285 g/mol. The molecule has 4 heteroatoms. The molecule has 2 aliphatic rings. The number of carbonyl (C=O) groups is 3. The molecule has 2 amide bonds. The lowest BCUT2D eigenvalue weighted by molar-refractivity contribution is -0.111. The van der Waals surface area contributed by atoms with E-state index in [4.69, 9.17) is 0 Å². The summed E-state index contributed by atoms with van der Waals surface area (Å²) >= 11 is 0. The first-order valence-corrected chi connectivity index (χ1v) is 7.61. The normalized spacial score (nSPS) is 24.5. The first-order valence-electron chi connectivity index (χ1n) is 7.61. The Morgan fingerprint density at radius 1 is 1.10 bits per heavy atom. The molecule has 2 atom stereocenters. The van der Waals surface area contributed by atoms with Crippen LogP contribution in [-0.2, 0) is 4.79 Å². The minimum atomic E-state index is -0.173. The molecule has 0 spiro atoms. The first-order chi connectivity index (χ1) is 10.2. The third kappa shape index (κ3) is 2.62. The van der Waals surface area contributed by atoms with Crippen molar-refractivity contribution in [3.8, 4) is 0 Å². The van der Waals surface area contributed by atoms with Gasteiger partial charge in [0.2, 0.25) is 0 Å². The zero-order valence-corrected chi connectivity index (χ0v) is 12.0. The van der Waals surface area contributed by atoms with E-state index in [1.807, 2.05) is 0 Å². The van der Waals surface area contributed by atoms with Crippen LogP contribution in [0.5, 0.6) is 0 Å². The van der Waals surface area contributed by atoms with Gasteiger partial charge in [0, 0.05) is 12.5 Å². The molecule has 1 saturated carbocycles. The lowest BCUT2D eigenvalue weighted by atomic mass is 10.0. The lowest BCUT2D eigenvalue weighted by Crippen LogP contribution is -2.30.